The van der Waals surface area contributed by atoms with Crippen molar-refractivity contribution in [3.63, 3.8) is 0 Å². The fourth-order valence-corrected chi connectivity index (χ4v) is 3.86. The first-order chi connectivity index (χ1) is 14.0. The van der Waals surface area contributed by atoms with Crippen molar-refractivity contribution in [2.45, 2.75) is 38.4 Å². The first-order valence-electron chi connectivity index (χ1n) is 9.67. The second-order valence-electron chi connectivity index (χ2n) is 6.61. The molecule has 0 unspecified atom stereocenters. The van der Waals surface area contributed by atoms with Crippen LogP contribution >= 0.6 is 11.8 Å². The quantitative estimate of drug-likeness (QED) is 0.269. The van der Waals surface area contributed by atoms with Gasteiger partial charge in [0, 0.05) is 13.1 Å². The number of thioether (sulfide) groups is 1. The highest BCUT2D eigenvalue weighted by molar-refractivity contribution is 7.99. The molecule has 152 valence electrons. The first-order valence-corrected chi connectivity index (χ1v) is 10.7. The van der Waals surface area contributed by atoms with E-state index in [1.54, 1.807) is 4.57 Å². The molecule has 3 aromatic rings. The lowest BCUT2D eigenvalue weighted by Crippen LogP contribution is -2.40. The van der Waals surface area contributed by atoms with Crippen molar-refractivity contribution >= 4 is 45.4 Å². The number of nitrogens with zero attached hydrogens (tertiary/aromatic N) is 2. The number of nitrogens with one attached hydrogen (secondary N) is 2. The molecule has 0 saturated heterocycles. The second-order valence-corrected chi connectivity index (χ2v) is 7.55. The molecule has 0 spiro atoms. The molecule has 8 heteroatoms. The monoisotopic (exact) mass is 412 g/mol. The Bertz CT molecular complexity index is 1110. The van der Waals surface area contributed by atoms with Gasteiger partial charge in [0.2, 0.25) is 5.91 Å². The van der Waals surface area contributed by atoms with Gasteiger partial charge in [-0.15, -0.1) is 0 Å². The summed E-state index contributed by atoms with van der Waals surface area (Å²) in [7, 11) is 0. The molecule has 1 aromatic heterocycles. The Morgan fingerprint density at radius 3 is 2.55 bits per heavy atom. The van der Waals surface area contributed by atoms with Crippen LogP contribution in [-0.4, -0.2) is 33.8 Å². The zero-order valence-electron chi connectivity index (χ0n) is 16.5. The standard InChI is InChI=1S/C21H24N4O3S/c1-3-5-10-22-20(28)24-18(26)13-29-21-23-17-12-15-9-7-6-8-14(15)11-16(17)19(27)25(21)4-2/h6-9,11-12H,3-5,10,13H2,1-2H3,(H2,22,24,26,28). The molecule has 0 aliphatic carbocycles. The number of hydrogen-bond donors (Lipinski definition) is 2. The number of carbonyl (C=O) groups excluding carboxylic acids is 2. The van der Waals surface area contributed by atoms with Gasteiger partial charge in [0.25, 0.3) is 5.56 Å². The molecule has 3 rings (SSSR count). The second kappa shape index (κ2) is 9.56. The molecule has 0 aliphatic rings. The minimum atomic E-state index is -0.505. The predicted octanol–water partition coefficient (Wildman–Crippen LogP) is 3.29. The summed E-state index contributed by atoms with van der Waals surface area (Å²) in [4.78, 5) is 41.3. The van der Waals surface area contributed by atoms with Crippen LogP contribution in [0.3, 0.4) is 0 Å². The molecule has 29 heavy (non-hydrogen) atoms. The number of fused-ring (bicyclic) bond motifs is 2. The van der Waals surface area contributed by atoms with Gasteiger partial charge < -0.3 is 5.32 Å². The Balaban J connectivity index is 1.79. The average molecular weight is 413 g/mol. The van der Waals surface area contributed by atoms with Crippen LogP contribution in [0.4, 0.5) is 4.79 Å². The van der Waals surface area contributed by atoms with Crippen LogP contribution in [0.5, 0.6) is 0 Å². The van der Waals surface area contributed by atoms with E-state index >= 15 is 0 Å². The van der Waals surface area contributed by atoms with Crippen molar-refractivity contribution < 1.29 is 9.59 Å². The number of hydrogen-bond acceptors (Lipinski definition) is 5. The fourth-order valence-electron chi connectivity index (χ4n) is 2.99. The zero-order chi connectivity index (χ0) is 20.8. The zero-order valence-corrected chi connectivity index (χ0v) is 17.3. The van der Waals surface area contributed by atoms with Gasteiger partial charge in [-0.3, -0.25) is 19.5 Å². The van der Waals surface area contributed by atoms with E-state index in [-0.39, 0.29) is 11.3 Å². The third-order valence-corrected chi connectivity index (χ3v) is 5.48. The highest BCUT2D eigenvalue weighted by atomic mass is 32.2. The van der Waals surface area contributed by atoms with Gasteiger partial charge in [-0.05, 0) is 36.2 Å². The van der Waals surface area contributed by atoms with Gasteiger partial charge in [-0.2, -0.15) is 0 Å². The minimum Gasteiger partial charge on any atom is -0.338 e. The SMILES string of the molecule is CCCCNC(=O)NC(=O)CSc1nc2cc3ccccc3cc2c(=O)n1CC. The summed E-state index contributed by atoms with van der Waals surface area (Å²) in [5.41, 5.74) is 0.460. The Hall–Kier alpha value is -2.87. The van der Waals surface area contributed by atoms with Crippen LogP contribution in [0.25, 0.3) is 21.7 Å². The molecule has 2 N–H and O–H groups in total. The van der Waals surface area contributed by atoms with Crippen molar-refractivity contribution in [1.82, 2.24) is 20.2 Å². The molecule has 0 radical (unpaired) electrons. The fraction of sp³-hybridized carbons (Fsp3) is 0.333. The van der Waals surface area contributed by atoms with Crippen molar-refractivity contribution in [3.05, 3.63) is 46.8 Å². The minimum absolute atomic E-state index is 0.00722. The maximum atomic E-state index is 12.9. The third kappa shape index (κ3) is 4.95. The number of aromatic nitrogens is 2. The lowest BCUT2D eigenvalue weighted by atomic mass is 10.1. The van der Waals surface area contributed by atoms with Crippen LogP contribution in [-0.2, 0) is 11.3 Å². The van der Waals surface area contributed by atoms with Gasteiger partial charge in [-0.25, -0.2) is 9.78 Å². The van der Waals surface area contributed by atoms with Crippen molar-refractivity contribution in [1.29, 1.82) is 0 Å². The van der Waals surface area contributed by atoms with E-state index in [0.717, 1.165) is 35.4 Å². The predicted molar refractivity (Wildman–Crippen MR) is 116 cm³/mol. The van der Waals surface area contributed by atoms with Crippen LogP contribution < -0.4 is 16.2 Å². The topological polar surface area (TPSA) is 93.1 Å². The van der Waals surface area contributed by atoms with Gasteiger partial charge in [-0.1, -0.05) is 49.4 Å². The maximum absolute atomic E-state index is 12.9. The molecule has 7 nitrogen and oxygen atoms in total. The van der Waals surface area contributed by atoms with E-state index in [4.69, 9.17) is 0 Å². The average Bonchev–Trinajstić information content (AvgIpc) is 2.71. The number of carbonyl (C=O) groups is 2. The number of amides is 3. The molecule has 0 bridgehead atoms. The van der Waals surface area contributed by atoms with Crippen molar-refractivity contribution in [2.75, 3.05) is 12.3 Å². The van der Waals surface area contributed by atoms with Gasteiger partial charge in [0.1, 0.15) is 0 Å². The van der Waals surface area contributed by atoms with Crippen LogP contribution in [0.15, 0.2) is 46.3 Å². The summed E-state index contributed by atoms with van der Waals surface area (Å²) in [5, 5.41) is 7.92. The molecule has 3 amide bonds. The highest BCUT2D eigenvalue weighted by Gasteiger charge is 2.14. The number of benzene rings is 2. The highest BCUT2D eigenvalue weighted by Crippen LogP contribution is 2.22. The summed E-state index contributed by atoms with van der Waals surface area (Å²) in [6, 6.07) is 11.0. The smallest absolute Gasteiger partial charge is 0.321 e. The molecular formula is C21H24N4O3S. The molecule has 0 saturated carbocycles. The summed E-state index contributed by atoms with van der Waals surface area (Å²) in [6.07, 6.45) is 1.82. The van der Waals surface area contributed by atoms with Crippen LogP contribution in [0.1, 0.15) is 26.7 Å². The number of urea groups is 1. The Labute approximate surface area is 172 Å². The van der Waals surface area contributed by atoms with Crippen LogP contribution in [0, 0.1) is 0 Å². The van der Waals surface area contributed by atoms with E-state index in [0.29, 0.717) is 29.1 Å². The lowest BCUT2D eigenvalue weighted by molar-refractivity contribution is -0.117. The first kappa shape index (κ1) is 20.9. The molecular weight excluding hydrogens is 388 g/mol. The largest absolute Gasteiger partial charge is 0.338 e. The van der Waals surface area contributed by atoms with E-state index < -0.39 is 11.9 Å². The van der Waals surface area contributed by atoms with E-state index in [1.807, 2.05) is 50.2 Å². The van der Waals surface area contributed by atoms with E-state index in [9.17, 15) is 14.4 Å². The van der Waals surface area contributed by atoms with Crippen molar-refractivity contribution in [2.24, 2.45) is 0 Å². The van der Waals surface area contributed by atoms with Gasteiger partial charge in [0.05, 0.1) is 16.7 Å². The maximum Gasteiger partial charge on any atom is 0.321 e. The third-order valence-electron chi connectivity index (χ3n) is 4.50. The van der Waals surface area contributed by atoms with Gasteiger partial charge in [0.15, 0.2) is 5.16 Å². The van der Waals surface area contributed by atoms with Crippen molar-refractivity contribution in [3.8, 4) is 0 Å². The summed E-state index contributed by atoms with van der Waals surface area (Å²) >= 11 is 1.14. The normalized spacial score (nSPS) is 11.0. The molecule has 0 atom stereocenters. The summed E-state index contributed by atoms with van der Waals surface area (Å²) < 4.78 is 1.55. The molecule has 0 fully saturated rings. The van der Waals surface area contributed by atoms with E-state index in [1.165, 1.54) is 0 Å². The Morgan fingerprint density at radius 2 is 1.86 bits per heavy atom. The Morgan fingerprint density at radius 1 is 1.14 bits per heavy atom. The molecule has 0 aliphatic heterocycles. The molecule has 2 aromatic carbocycles. The Kier molecular flexibility index (Phi) is 6.87. The van der Waals surface area contributed by atoms with E-state index in [2.05, 4.69) is 15.6 Å². The number of rotatable bonds is 7. The lowest BCUT2D eigenvalue weighted by Gasteiger charge is -2.12. The summed E-state index contributed by atoms with van der Waals surface area (Å²) in [5.74, 6) is -0.438. The summed E-state index contributed by atoms with van der Waals surface area (Å²) in [6.45, 7) is 4.85. The van der Waals surface area contributed by atoms with Crippen LogP contribution in [0.2, 0.25) is 0 Å². The number of imide groups is 1. The van der Waals surface area contributed by atoms with Gasteiger partial charge >= 0.3 is 6.03 Å². The molecule has 1 heterocycles. The number of unbranched alkanes of at least 4 members (excludes halogenated alkanes) is 1.